The standard InChI is InChI=1S/C10H7BrF2O/c11-8-3-5-1-2-6(14)4-7(5)9(12)10(8)13/h3H,1-2,4H2. The summed E-state index contributed by atoms with van der Waals surface area (Å²) in [5.41, 5.74) is 0.956. The summed E-state index contributed by atoms with van der Waals surface area (Å²) in [7, 11) is 0. The average Bonchev–Trinajstić information content (AvgIpc) is 2.16. The van der Waals surface area contributed by atoms with E-state index in [2.05, 4.69) is 15.9 Å². The highest BCUT2D eigenvalue weighted by Crippen LogP contribution is 2.29. The van der Waals surface area contributed by atoms with Crippen molar-refractivity contribution in [3.63, 3.8) is 0 Å². The van der Waals surface area contributed by atoms with Crippen LogP contribution >= 0.6 is 15.9 Å². The Morgan fingerprint density at radius 3 is 2.64 bits per heavy atom. The van der Waals surface area contributed by atoms with Crippen molar-refractivity contribution in [3.8, 4) is 0 Å². The number of fused-ring (bicyclic) bond motifs is 1. The second-order valence-electron chi connectivity index (χ2n) is 3.34. The molecule has 1 aliphatic carbocycles. The topological polar surface area (TPSA) is 17.1 Å². The molecule has 0 unspecified atom stereocenters. The number of carbonyl (C=O) groups is 1. The Balaban J connectivity index is 2.60. The van der Waals surface area contributed by atoms with Gasteiger partial charge in [-0.3, -0.25) is 4.79 Å². The zero-order chi connectivity index (χ0) is 10.3. The first kappa shape index (κ1) is 9.77. The SMILES string of the molecule is O=C1CCc2cc(Br)c(F)c(F)c2C1. The second-order valence-corrected chi connectivity index (χ2v) is 4.19. The van der Waals surface area contributed by atoms with Crippen LogP contribution < -0.4 is 0 Å². The van der Waals surface area contributed by atoms with Gasteiger partial charge in [-0.25, -0.2) is 8.78 Å². The predicted molar refractivity (Wildman–Crippen MR) is 51.1 cm³/mol. The number of halogens is 3. The number of carbonyl (C=O) groups excluding carboxylic acids is 1. The maximum absolute atomic E-state index is 13.4. The number of hydrogen-bond donors (Lipinski definition) is 0. The van der Waals surface area contributed by atoms with E-state index in [1.165, 1.54) is 0 Å². The van der Waals surface area contributed by atoms with Gasteiger partial charge < -0.3 is 0 Å². The van der Waals surface area contributed by atoms with E-state index in [9.17, 15) is 13.6 Å². The van der Waals surface area contributed by atoms with E-state index < -0.39 is 11.6 Å². The highest BCUT2D eigenvalue weighted by atomic mass is 79.9. The van der Waals surface area contributed by atoms with Crippen LogP contribution in [0.25, 0.3) is 0 Å². The summed E-state index contributed by atoms with van der Waals surface area (Å²) in [6.07, 6.45) is 0.944. The third-order valence-corrected chi connectivity index (χ3v) is 2.98. The van der Waals surface area contributed by atoms with Gasteiger partial charge >= 0.3 is 0 Å². The van der Waals surface area contributed by atoms with Crippen LogP contribution in [0, 0.1) is 11.6 Å². The van der Waals surface area contributed by atoms with Crippen LogP contribution in [-0.2, 0) is 17.6 Å². The average molecular weight is 261 g/mol. The van der Waals surface area contributed by atoms with Crippen molar-refractivity contribution in [1.29, 1.82) is 0 Å². The molecule has 0 spiro atoms. The monoisotopic (exact) mass is 260 g/mol. The van der Waals surface area contributed by atoms with Crippen LogP contribution in [0.3, 0.4) is 0 Å². The van der Waals surface area contributed by atoms with Crippen molar-refractivity contribution >= 4 is 21.7 Å². The van der Waals surface area contributed by atoms with Gasteiger partial charge in [0.2, 0.25) is 0 Å². The van der Waals surface area contributed by atoms with Gasteiger partial charge in [-0.2, -0.15) is 0 Å². The first-order chi connectivity index (χ1) is 6.59. The molecular weight excluding hydrogens is 254 g/mol. The Morgan fingerprint density at radius 2 is 1.93 bits per heavy atom. The molecule has 1 aromatic carbocycles. The molecule has 0 aromatic heterocycles. The number of hydrogen-bond acceptors (Lipinski definition) is 1. The summed E-state index contributed by atoms with van der Waals surface area (Å²) in [6.45, 7) is 0. The van der Waals surface area contributed by atoms with Crippen molar-refractivity contribution < 1.29 is 13.6 Å². The van der Waals surface area contributed by atoms with Gasteiger partial charge in [0, 0.05) is 18.4 Å². The summed E-state index contributed by atoms with van der Waals surface area (Å²) in [5, 5.41) is 0. The predicted octanol–water partition coefficient (Wildman–Crippen LogP) is 2.79. The Hall–Kier alpha value is -0.770. The third-order valence-electron chi connectivity index (χ3n) is 2.40. The minimum Gasteiger partial charge on any atom is -0.299 e. The number of Topliss-reactive ketones (excluding diaryl/α,β-unsaturated/α-hetero) is 1. The molecule has 1 nitrogen and oxygen atoms in total. The number of ketones is 1. The zero-order valence-electron chi connectivity index (χ0n) is 7.24. The van der Waals surface area contributed by atoms with E-state index in [1.807, 2.05) is 0 Å². The lowest BCUT2D eigenvalue weighted by atomic mass is 9.90. The summed E-state index contributed by atoms with van der Waals surface area (Å²) < 4.78 is 26.6. The van der Waals surface area contributed by atoms with Crippen molar-refractivity contribution in [3.05, 3.63) is 33.3 Å². The van der Waals surface area contributed by atoms with Crippen LogP contribution in [0.1, 0.15) is 17.5 Å². The Labute approximate surface area is 88.2 Å². The van der Waals surface area contributed by atoms with E-state index in [-0.39, 0.29) is 22.2 Å². The van der Waals surface area contributed by atoms with Gasteiger partial charge in [0.1, 0.15) is 5.78 Å². The molecule has 0 heterocycles. The lowest BCUT2D eigenvalue weighted by molar-refractivity contribution is -0.118. The van der Waals surface area contributed by atoms with E-state index in [4.69, 9.17) is 0 Å². The highest BCUT2D eigenvalue weighted by Gasteiger charge is 2.23. The second kappa shape index (κ2) is 3.42. The first-order valence-corrected chi connectivity index (χ1v) is 5.06. The molecule has 0 fully saturated rings. The van der Waals surface area contributed by atoms with E-state index in [0.717, 1.165) is 5.56 Å². The van der Waals surface area contributed by atoms with Crippen LogP contribution in [0.15, 0.2) is 10.5 Å². The molecule has 0 atom stereocenters. The molecule has 0 N–H and O–H groups in total. The molecule has 0 saturated heterocycles. The molecule has 2 rings (SSSR count). The van der Waals surface area contributed by atoms with Gasteiger partial charge in [-0.05, 0) is 34.0 Å². The Morgan fingerprint density at radius 1 is 1.21 bits per heavy atom. The van der Waals surface area contributed by atoms with Crippen LogP contribution in [-0.4, -0.2) is 5.78 Å². The molecule has 14 heavy (non-hydrogen) atoms. The lowest BCUT2D eigenvalue weighted by Gasteiger charge is -2.16. The van der Waals surface area contributed by atoms with E-state index in [0.29, 0.717) is 12.8 Å². The van der Waals surface area contributed by atoms with Gasteiger partial charge in [0.05, 0.1) is 4.47 Å². The Bertz CT molecular complexity index is 415. The molecule has 0 bridgehead atoms. The quantitative estimate of drug-likeness (QED) is 0.656. The van der Waals surface area contributed by atoms with Crippen LogP contribution in [0.4, 0.5) is 8.78 Å². The zero-order valence-corrected chi connectivity index (χ0v) is 8.83. The number of aryl methyl sites for hydroxylation is 1. The summed E-state index contributed by atoms with van der Waals surface area (Å²) in [6, 6.07) is 1.56. The summed E-state index contributed by atoms with van der Waals surface area (Å²) in [5.74, 6) is -1.82. The molecule has 4 heteroatoms. The summed E-state index contributed by atoms with van der Waals surface area (Å²) >= 11 is 2.94. The van der Waals surface area contributed by atoms with Gasteiger partial charge in [-0.1, -0.05) is 0 Å². The minimum atomic E-state index is -0.904. The maximum Gasteiger partial charge on any atom is 0.173 e. The van der Waals surface area contributed by atoms with Crippen molar-refractivity contribution in [1.82, 2.24) is 0 Å². The molecule has 0 amide bonds. The molecular formula is C10H7BrF2O. The van der Waals surface area contributed by atoms with Crippen molar-refractivity contribution in [2.75, 3.05) is 0 Å². The van der Waals surface area contributed by atoms with E-state index >= 15 is 0 Å². The normalized spacial score (nSPS) is 15.5. The fourth-order valence-corrected chi connectivity index (χ4v) is 2.11. The summed E-state index contributed by atoms with van der Waals surface area (Å²) in [4.78, 5) is 11.1. The maximum atomic E-state index is 13.4. The molecule has 0 aliphatic heterocycles. The lowest BCUT2D eigenvalue weighted by Crippen LogP contribution is -2.16. The van der Waals surface area contributed by atoms with Crippen LogP contribution in [0.2, 0.25) is 0 Å². The molecule has 74 valence electrons. The van der Waals surface area contributed by atoms with Gasteiger partial charge in [0.15, 0.2) is 11.6 Å². The molecule has 1 aromatic rings. The minimum absolute atomic E-state index is 0.0192. The molecule has 0 saturated carbocycles. The molecule has 1 aliphatic rings. The first-order valence-electron chi connectivity index (χ1n) is 4.26. The van der Waals surface area contributed by atoms with Crippen LogP contribution in [0.5, 0.6) is 0 Å². The van der Waals surface area contributed by atoms with Gasteiger partial charge in [-0.15, -0.1) is 0 Å². The third kappa shape index (κ3) is 1.47. The highest BCUT2D eigenvalue weighted by molar-refractivity contribution is 9.10. The van der Waals surface area contributed by atoms with Gasteiger partial charge in [0.25, 0.3) is 0 Å². The van der Waals surface area contributed by atoms with Crippen molar-refractivity contribution in [2.24, 2.45) is 0 Å². The fraction of sp³-hybridized carbons (Fsp3) is 0.300. The number of rotatable bonds is 0. The number of benzene rings is 1. The Kier molecular flexibility index (Phi) is 2.39. The fourth-order valence-electron chi connectivity index (χ4n) is 1.66. The van der Waals surface area contributed by atoms with E-state index in [1.54, 1.807) is 6.07 Å². The largest absolute Gasteiger partial charge is 0.299 e. The smallest absolute Gasteiger partial charge is 0.173 e. The molecule has 0 radical (unpaired) electrons. The van der Waals surface area contributed by atoms with Crippen molar-refractivity contribution in [2.45, 2.75) is 19.3 Å².